The molecule has 6 nitrogen and oxygen atoms in total. The van der Waals surface area contributed by atoms with E-state index >= 15 is 0 Å². The number of anilines is 1. The van der Waals surface area contributed by atoms with Gasteiger partial charge in [-0.1, -0.05) is 17.8 Å². The van der Waals surface area contributed by atoms with E-state index in [0.29, 0.717) is 11.7 Å². The van der Waals surface area contributed by atoms with Crippen LogP contribution in [0.25, 0.3) is 0 Å². The third-order valence-corrected chi connectivity index (χ3v) is 4.74. The minimum Gasteiger partial charge on any atom is -0.325 e. The first-order valence-electron chi connectivity index (χ1n) is 6.78. The molecule has 0 saturated carbocycles. The van der Waals surface area contributed by atoms with E-state index in [1.807, 2.05) is 17.5 Å². The zero-order chi connectivity index (χ0) is 16.9. The van der Waals surface area contributed by atoms with E-state index in [1.54, 1.807) is 16.0 Å². The predicted molar refractivity (Wildman–Crippen MR) is 86.9 cm³/mol. The van der Waals surface area contributed by atoms with Crippen molar-refractivity contribution < 1.29 is 13.6 Å². The maximum Gasteiger partial charge on any atom is 0.234 e. The number of aromatic nitrogens is 4. The number of nitrogens with zero attached hydrogens (tertiary/aromatic N) is 4. The molecule has 1 aromatic carbocycles. The highest BCUT2D eigenvalue weighted by atomic mass is 32.2. The summed E-state index contributed by atoms with van der Waals surface area (Å²) in [5.41, 5.74) is 0.192. The lowest BCUT2D eigenvalue weighted by molar-refractivity contribution is -0.113. The molecule has 3 rings (SSSR count). The number of hydrogen-bond donors (Lipinski definition) is 1. The molecule has 0 saturated heterocycles. The van der Waals surface area contributed by atoms with Crippen LogP contribution in [0.5, 0.6) is 0 Å². The van der Waals surface area contributed by atoms with Crippen molar-refractivity contribution in [3.8, 4) is 0 Å². The summed E-state index contributed by atoms with van der Waals surface area (Å²) in [7, 11) is 0. The molecule has 0 unspecified atom stereocenters. The van der Waals surface area contributed by atoms with Crippen LogP contribution in [0.1, 0.15) is 4.88 Å². The first-order chi connectivity index (χ1) is 11.6. The molecule has 0 bridgehead atoms. The monoisotopic (exact) mass is 367 g/mol. The molecule has 1 amide bonds. The van der Waals surface area contributed by atoms with Gasteiger partial charge in [0, 0.05) is 16.6 Å². The molecular weight excluding hydrogens is 356 g/mol. The summed E-state index contributed by atoms with van der Waals surface area (Å²) in [4.78, 5) is 13.0. The highest BCUT2D eigenvalue weighted by Gasteiger charge is 2.12. The second kappa shape index (κ2) is 7.49. The number of hydrogen-bond acceptors (Lipinski definition) is 6. The summed E-state index contributed by atoms with van der Waals surface area (Å²) in [6, 6.07) is 7.09. The van der Waals surface area contributed by atoms with Crippen LogP contribution >= 0.6 is 23.1 Å². The summed E-state index contributed by atoms with van der Waals surface area (Å²) < 4.78 is 27.6. The Morgan fingerprint density at radius 2 is 2.17 bits per heavy atom. The molecule has 0 radical (unpaired) electrons. The molecule has 0 aliphatic carbocycles. The van der Waals surface area contributed by atoms with Gasteiger partial charge < -0.3 is 5.32 Å². The molecule has 124 valence electrons. The Balaban J connectivity index is 1.56. The smallest absolute Gasteiger partial charge is 0.234 e. The molecule has 1 N–H and O–H groups in total. The number of thioether (sulfide) groups is 1. The number of halogens is 2. The number of tetrazole rings is 1. The minimum atomic E-state index is -1.01. The average molecular weight is 367 g/mol. The number of carbonyl (C=O) groups is 1. The average Bonchev–Trinajstić information content (AvgIpc) is 3.21. The lowest BCUT2D eigenvalue weighted by Crippen LogP contribution is -2.15. The quantitative estimate of drug-likeness (QED) is 0.678. The van der Waals surface area contributed by atoms with Crippen molar-refractivity contribution in [3.63, 3.8) is 0 Å². The van der Waals surface area contributed by atoms with Crippen molar-refractivity contribution in [1.29, 1.82) is 0 Å². The van der Waals surface area contributed by atoms with Crippen molar-refractivity contribution in [2.45, 2.75) is 11.7 Å². The summed E-state index contributed by atoms with van der Waals surface area (Å²) in [5, 5.41) is 16.3. The molecule has 3 aromatic rings. The van der Waals surface area contributed by atoms with E-state index in [0.717, 1.165) is 28.8 Å². The molecule has 2 heterocycles. The highest BCUT2D eigenvalue weighted by molar-refractivity contribution is 7.99. The van der Waals surface area contributed by atoms with Crippen molar-refractivity contribution in [2.75, 3.05) is 11.1 Å². The van der Waals surface area contributed by atoms with Crippen LogP contribution in [0.4, 0.5) is 14.5 Å². The van der Waals surface area contributed by atoms with E-state index in [1.165, 1.54) is 6.07 Å². The molecule has 24 heavy (non-hydrogen) atoms. The molecule has 0 spiro atoms. The zero-order valence-corrected chi connectivity index (χ0v) is 13.8. The van der Waals surface area contributed by atoms with Gasteiger partial charge in [-0.25, -0.2) is 13.5 Å². The van der Waals surface area contributed by atoms with Gasteiger partial charge in [0.25, 0.3) is 0 Å². The number of rotatable bonds is 6. The van der Waals surface area contributed by atoms with Crippen LogP contribution in [-0.4, -0.2) is 31.9 Å². The van der Waals surface area contributed by atoms with Gasteiger partial charge in [0.15, 0.2) is 11.6 Å². The summed E-state index contributed by atoms with van der Waals surface area (Å²) in [6.45, 7) is 0.526. The minimum absolute atomic E-state index is 0.0454. The van der Waals surface area contributed by atoms with Crippen molar-refractivity contribution >= 4 is 34.7 Å². The number of amides is 1. The third kappa shape index (κ3) is 4.15. The van der Waals surface area contributed by atoms with E-state index in [9.17, 15) is 13.6 Å². The van der Waals surface area contributed by atoms with Crippen molar-refractivity contribution in [3.05, 3.63) is 52.2 Å². The van der Waals surface area contributed by atoms with Crippen LogP contribution in [0.2, 0.25) is 0 Å². The standard InChI is InChI=1S/C14H11F2N5OS2/c15-11-4-3-9(6-12(11)16)17-13(22)8-24-14-18-19-20-21(14)7-10-2-1-5-23-10/h1-6H,7-8H2,(H,17,22). The molecule has 10 heteroatoms. The summed E-state index contributed by atoms with van der Waals surface area (Å²) in [5.74, 6) is -2.30. The fourth-order valence-corrected chi connectivity index (χ4v) is 3.21. The maximum atomic E-state index is 13.1. The zero-order valence-electron chi connectivity index (χ0n) is 12.1. The van der Waals surface area contributed by atoms with Gasteiger partial charge in [0.1, 0.15) is 0 Å². The van der Waals surface area contributed by atoms with Gasteiger partial charge in [-0.3, -0.25) is 4.79 Å². The second-order valence-corrected chi connectivity index (χ2v) is 6.64. The van der Waals surface area contributed by atoms with Gasteiger partial charge in [-0.2, -0.15) is 0 Å². The van der Waals surface area contributed by atoms with Crippen molar-refractivity contribution in [1.82, 2.24) is 20.2 Å². The second-order valence-electron chi connectivity index (χ2n) is 4.66. The Hall–Kier alpha value is -2.33. The Kier molecular flexibility index (Phi) is 5.16. The fraction of sp³-hybridized carbons (Fsp3) is 0.143. The normalized spacial score (nSPS) is 10.8. The number of thiophene rings is 1. The topological polar surface area (TPSA) is 72.7 Å². The summed E-state index contributed by atoms with van der Waals surface area (Å²) in [6.07, 6.45) is 0. The number of carbonyl (C=O) groups excluding carboxylic acids is 1. The Labute approximate surface area is 143 Å². The molecule has 0 atom stereocenters. The Morgan fingerprint density at radius 3 is 2.92 bits per heavy atom. The lowest BCUT2D eigenvalue weighted by Gasteiger charge is -2.05. The van der Waals surface area contributed by atoms with Crippen LogP contribution in [0, 0.1) is 11.6 Å². The van der Waals surface area contributed by atoms with E-state index in [2.05, 4.69) is 20.8 Å². The van der Waals surface area contributed by atoms with Gasteiger partial charge in [-0.05, 0) is 34.0 Å². The molecular formula is C14H11F2N5OS2. The maximum absolute atomic E-state index is 13.1. The van der Waals surface area contributed by atoms with Crippen LogP contribution in [-0.2, 0) is 11.3 Å². The van der Waals surface area contributed by atoms with Gasteiger partial charge >= 0.3 is 0 Å². The predicted octanol–water partition coefficient (Wildman–Crippen LogP) is 2.79. The first kappa shape index (κ1) is 16.5. The van der Waals surface area contributed by atoms with Gasteiger partial charge in [0.2, 0.25) is 11.1 Å². The lowest BCUT2D eigenvalue weighted by atomic mass is 10.3. The van der Waals surface area contributed by atoms with E-state index in [4.69, 9.17) is 0 Å². The third-order valence-electron chi connectivity index (χ3n) is 2.92. The van der Waals surface area contributed by atoms with Crippen LogP contribution < -0.4 is 5.32 Å². The Bertz CT molecular complexity index is 838. The Morgan fingerprint density at radius 1 is 1.29 bits per heavy atom. The van der Waals surface area contributed by atoms with Crippen LogP contribution in [0.15, 0.2) is 40.9 Å². The highest BCUT2D eigenvalue weighted by Crippen LogP contribution is 2.18. The first-order valence-corrected chi connectivity index (χ1v) is 8.64. The van der Waals surface area contributed by atoms with Crippen LogP contribution in [0.3, 0.4) is 0 Å². The van der Waals surface area contributed by atoms with E-state index < -0.39 is 11.6 Å². The summed E-state index contributed by atoms with van der Waals surface area (Å²) >= 11 is 2.75. The van der Waals surface area contributed by atoms with Gasteiger partial charge in [0.05, 0.1) is 12.3 Å². The van der Waals surface area contributed by atoms with E-state index in [-0.39, 0.29) is 17.3 Å². The van der Waals surface area contributed by atoms with Crippen molar-refractivity contribution in [2.24, 2.45) is 0 Å². The SMILES string of the molecule is O=C(CSc1nnnn1Cc1cccs1)Nc1ccc(F)c(F)c1. The molecule has 2 aromatic heterocycles. The number of benzene rings is 1. The number of nitrogens with one attached hydrogen (secondary N) is 1. The molecule has 0 fully saturated rings. The largest absolute Gasteiger partial charge is 0.325 e. The fourth-order valence-electron chi connectivity index (χ4n) is 1.85. The molecule has 0 aliphatic heterocycles. The molecule has 0 aliphatic rings. The van der Waals surface area contributed by atoms with Gasteiger partial charge in [-0.15, -0.1) is 16.4 Å².